The zero-order valence-corrected chi connectivity index (χ0v) is 9.81. The minimum atomic E-state index is -0.338. The van der Waals surface area contributed by atoms with Crippen molar-refractivity contribution in [3.8, 4) is 5.75 Å². The molecular formula is C12H19NO3. The van der Waals surface area contributed by atoms with Crippen molar-refractivity contribution in [2.45, 2.75) is 20.1 Å². The number of rotatable bonds is 7. The number of para-hydroxylation sites is 2. The molecule has 4 heteroatoms. The van der Waals surface area contributed by atoms with Crippen LogP contribution in [0.4, 0.5) is 5.69 Å². The van der Waals surface area contributed by atoms with Crippen molar-refractivity contribution in [2.75, 3.05) is 25.6 Å². The molecule has 16 heavy (non-hydrogen) atoms. The standard InChI is InChI=1S/C12H19NO3/c1-3-14-12(15-4-2)9-16-11-8-6-5-7-10(11)13/h5-8,12H,3-4,9,13H2,1-2H3. The number of ether oxygens (including phenoxy) is 3. The second-order valence-corrected chi connectivity index (χ2v) is 3.19. The Morgan fingerprint density at radius 3 is 2.31 bits per heavy atom. The van der Waals surface area contributed by atoms with E-state index in [9.17, 15) is 0 Å². The summed E-state index contributed by atoms with van der Waals surface area (Å²) in [4.78, 5) is 0. The Morgan fingerprint density at radius 1 is 1.12 bits per heavy atom. The van der Waals surface area contributed by atoms with Gasteiger partial charge in [0, 0.05) is 13.2 Å². The average Bonchev–Trinajstić information content (AvgIpc) is 2.28. The maximum atomic E-state index is 5.75. The summed E-state index contributed by atoms with van der Waals surface area (Å²) in [5.41, 5.74) is 6.37. The summed E-state index contributed by atoms with van der Waals surface area (Å²) in [5, 5.41) is 0. The van der Waals surface area contributed by atoms with Gasteiger partial charge in [-0.05, 0) is 26.0 Å². The van der Waals surface area contributed by atoms with Gasteiger partial charge in [0.15, 0.2) is 6.29 Å². The molecule has 2 N–H and O–H groups in total. The number of benzene rings is 1. The van der Waals surface area contributed by atoms with Gasteiger partial charge in [0.25, 0.3) is 0 Å². The second-order valence-electron chi connectivity index (χ2n) is 3.19. The third-order valence-electron chi connectivity index (χ3n) is 2.00. The van der Waals surface area contributed by atoms with Gasteiger partial charge in [-0.1, -0.05) is 12.1 Å². The van der Waals surface area contributed by atoms with Crippen LogP contribution in [0.2, 0.25) is 0 Å². The number of hydrogen-bond acceptors (Lipinski definition) is 4. The summed E-state index contributed by atoms with van der Waals surface area (Å²) >= 11 is 0. The summed E-state index contributed by atoms with van der Waals surface area (Å²) in [5.74, 6) is 0.659. The van der Waals surface area contributed by atoms with Crippen LogP contribution in [0.1, 0.15) is 13.8 Å². The first-order chi connectivity index (χ1) is 7.77. The number of hydrogen-bond donors (Lipinski definition) is 1. The Balaban J connectivity index is 2.45. The molecule has 1 aromatic carbocycles. The molecule has 0 spiro atoms. The van der Waals surface area contributed by atoms with E-state index < -0.39 is 0 Å². The maximum Gasteiger partial charge on any atom is 0.191 e. The molecule has 0 bridgehead atoms. The van der Waals surface area contributed by atoms with Crippen molar-refractivity contribution in [3.05, 3.63) is 24.3 Å². The van der Waals surface area contributed by atoms with Crippen molar-refractivity contribution < 1.29 is 14.2 Å². The van der Waals surface area contributed by atoms with E-state index in [1.807, 2.05) is 32.0 Å². The van der Waals surface area contributed by atoms with Crippen LogP contribution in [0.15, 0.2) is 24.3 Å². The Labute approximate surface area is 96.3 Å². The lowest BCUT2D eigenvalue weighted by Gasteiger charge is -2.18. The molecule has 0 aliphatic carbocycles. The van der Waals surface area contributed by atoms with Gasteiger partial charge < -0.3 is 19.9 Å². The number of nitrogens with two attached hydrogens (primary N) is 1. The fourth-order valence-electron chi connectivity index (χ4n) is 1.29. The van der Waals surface area contributed by atoms with Gasteiger partial charge in [0.05, 0.1) is 5.69 Å². The monoisotopic (exact) mass is 225 g/mol. The van der Waals surface area contributed by atoms with E-state index in [2.05, 4.69) is 0 Å². The van der Waals surface area contributed by atoms with E-state index in [0.29, 0.717) is 31.3 Å². The predicted molar refractivity (Wildman–Crippen MR) is 63.4 cm³/mol. The molecular weight excluding hydrogens is 206 g/mol. The van der Waals surface area contributed by atoms with E-state index in [1.54, 1.807) is 6.07 Å². The normalized spacial score (nSPS) is 10.7. The SMILES string of the molecule is CCOC(COc1ccccc1N)OCC. The molecule has 0 atom stereocenters. The van der Waals surface area contributed by atoms with Crippen molar-refractivity contribution >= 4 is 5.69 Å². The molecule has 0 fully saturated rings. The first-order valence-corrected chi connectivity index (χ1v) is 5.48. The van der Waals surface area contributed by atoms with Crippen LogP contribution in [0, 0.1) is 0 Å². The van der Waals surface area contributed by atoms with E-state index >= 15 is 0 Å². The van der Waals surface area contributed by atoms with Crippen LogP contribution in [0.3, 0.4) is 0 Å². The Kier molecular flexibility index (Phi) is 5.67. The lowest BCUT2D eigenvalue weighted by atomic mass is 10.3. The fraction of sp³-hybridized carbons (Fsp3) is 0.500. The van der Waals surface area contributed by atoms with Crippen LogP contribution in [-0.4, -0.2) is 26.1 Å². The molecule has 0 unspecified atom stereocenters. The van der Waals surface area contributed by atoms with E-state index in [4.69, 9.17) is 19.9 Å². The molecule has 0 amide bonds. The highest BCUT2D eigenvalue weighted by atomic mass is 16.7. The Bertz CT molecular complexity index is 298. The molecule has 1 rings (SSSR count). The van der Waals surface area contributed by atoms with Crippen LogP contribution in [-0.2, 0) is 9.47 Å². The Hall–Kier alpha value is -1.26. The molecule has 0 aliphatic rings. The molecule has 0 saturated heterocycles. The molecule has 0 radical (unpaired) electrons. The van der Waals surface area contributed by atoms with Gasteiger partial charge in [0.1, 0.15) is 12.4 Å². The largest absolute Gasteiger partial charge is 0.486 e. The summed E-state index contributed by atoms with van der Waals surface area (Å²) in [6, 6.07) is 7.36. The third-order valence-corrected chi connectivity index (χ3v) is 2.00. The van der Waals surface area contributed by atoms with Crippen LogP contribution >= 0.6 is 0 Å². The van der Waals surface area contributed by atoms with E-state index in [-0.39, 0.29) is 6.29 Å². The second kappa shape index (κ2) is 7.09. The smallest absolute Gasteiger partial charge is 0.191 e. The highest BCUT2D eigenvalue weighted by Crippen LogP contribution is 2.20. The molecule has 90 valence electrons. The summed E-state index contributed by atoms with van der Waals surface area (Å²) in [7, 11) is 0. The minimum Gasteiger partial charge on any atom is -0.486 e. The summed E-state index contributed by atoms with van der Waals surface area (Å²) < 4.78 is 16.2. The van der Waals surface area contributed by atoms with Gasteiger partial charge in [-0.2, -0.15) is 0 Å². The van der Waals surface area contributed by atoms with Crippen molar-refractivity contribution in [2.24, 2.45) is 0 Å². The van der Waals surface area contributed by atoms with Gasteiger partial charge in [-0.25, -0.2) is 0 Å². The van der Waals surface area contributed by atoms with Gasteiger partial charge in [-0.15, -0.1) is 0 Å². The van der Waals surface area contributed by atoms with E-state index in [0.717, 1.165) is 0 Å². The lowest BCUT2D eigenvalue weighted by molar-refractivity contribution is -0.152. The van der Waals surface area contributed by atoms with E-state index in [1.165, 1.54) is 0 Å². The van der Waals surface area contributed by atoms with Gasteiger partial charge in [-0.3, -0.25) is 0 Å². The first-order valence-electron chi connectivity index (χ1n) is 5.48. The van der Waals surface area contributed by atoms with Crippen molar-refractivity contribution in [3.63, 3.8) is 0 Å². The average molecular weight is 225 g/mol. The highest BCUT2D eigenvalue weighted by molar-refractivity contribution is 5.51. The van der Waals surface area contributed by atoms with Crippen molar-refractivity contribution in [1.82, 2.24) is 0 Å². The third kappa shape index (κ3) is 4.08. The van der Waals surface area contributed by atoms with Gasteiger partial charge in [0.2, 0.25) is 0 Å². The molecule has 4 nitrogen and oxygen atoms in total. The number of nitrogen functional groups attached to an aromatic ring is 1. The number of anilines is 1. The Morgan fingerprint density at radius 2 is 1.75 bits per heavy atom. The van der Waals surface area contributed by atoms with Gasteiger partial charge >= 0.3 is 0 Å². The molecule has 0 aromatic heterocycles. The van der Waals surface area contributed by atoms with Crippen LogP contribution in [0.5, 0.6) is 5.75 Å². The molecule has 0 heterocycles. The molecule has 0 saturated carbocycles. The predicted octanol–water partition coefficient (Wildman–Crippen LogP) is 2.05. The quantitative estimate of drug-likeness (QED) is 0.570. The molecule has 1 aromatic rings. The first kappa shape index (κ1) is 12.8. The van der Waals surface area contributed by atoms with Crippen LogP contribution in [0.25, 0.3) is 0 Å². The zero-order valence-electron chi connectivity index (χ0n) is 9.81. The highest BCUT2D eigenvalue weighted by Gasteiger charge is 2.09. The fourth-order valence-corrected chi connectivity index (χ4v) is 1.29. The van der Waals surface area contributed by atoms with Crippen LogP contribution < -0.4 is 10.5 Å². The summed E-state index contributed by atoms with van der Waals surface area (Å²) in [6.07, 6.45) is -0.338. The maximum absolute atomic E-state index is 5.75. The minimum absolute atomic E-state index is 0.338. The molecule has 0 aliphatic heterocycles. The summed E-state index contributed by atoms with van der Waals surface area (Å²) in [6.45, 7) is 5.37. The zero-order chi connectivity index (χ0) is 11.8. The lowest BCUT2D eigenvalue weighted by Crippen LogP contribution is -2.25. The topological polar surface area (TPSA) is 53.7 Å². The van der Waals surface area contributed by atoms with Crippen molar-refractivity contribution in [1.29, 1.82) is 0 Å².